The molecule has 1 heterocycles. The van der Waals surface area contributed by atoms with Crippen LogP contribution in [0.25, 0.3) is 10.9 Å². The van der Waals surface area contributed by atoms with Crippen molar-refractivity contribution >= 4 is 50.6 Å². The maximum absolute atomic E-state index is 9.37. The fourth-order valence-corrected chi connectivity index (χ4v) is 1.52. The summed E-state index contributed by atoms with van der Waals surface area (Å²) in [5.74, 6) is 0.133. The first-order valence-corrected chi connectivity index (χ1v) is 4.17. The van der Waals surface area contributed by atoms with Crippen LogP contribution in [0.4, 0.5) is 5.69 Å². The summed E-state index contributed by atoms with van der Waals surface area (Å²) in [6, 6.07) is 3.45. The van der Waals surface area contributed by atoms with Gasteiger partial charge < -0.3 is 15.8 Å². The van der Waals surface area contributed by atoms with Crippen molar-refractivity contribution in [1.82, 2.24) is 4.98 Å². The van der Waals surface area contributed by atoms with Crippen molar-refractivity contribution in [1.29, 1.82) is 0 Å². The van der Waals surface area contributed by atoms with Crippen LogP contribution < -0.4 is 5.73 Å². The number of rotatable bonds is 0. The summed E-state index contributed by atoms with van der Waals surface area (Å²) in [7, 11) is 0. The Morgan fingerprint density at radius 3 is 2.40 bits per heavy atom. The molecule has 0 bridgehead atoms. The maximum atomic E-state index is 9.37. The lowest BCUT2D eigenvalue weighted by Crippen LogP contribution is -1.84. The third-order valence-corrected chi connectivity index (χ3v) is 2.46. The highest BCUT2D eigenvalue weighted by Gasteiger charge is 2.06. The van der Waals surface area contributed by atoms with Gasteiger partial charge in [-0.1, -0.05) is 0 Å². The van der Waals surface area contributed by atoms with Gasteiger partial charge in [-0.15, -0.1) is 34.0 Å². The summed E-state index contributed by atoms with van der Waals surface area (Å²) < 4.78 is 0. The van der Waals surface area contributed by atoms with Crippen molar-refractivity contribution in [2.45, 2.75) is 13.8 Å². The topological polar surface area (TPSA) is 62.0 Å². The molecule has 0 saturated heterocycles. The number of anilines is 1. The molecule has 0 aliphatic heterocycles. The van der Waals surface area contributed by atoms with Gasteiger partial charge in [0.2, 0.25) is 0 Å². The normalized spacial score (nSPS) is 9.47. The average Bonchev–Trinajstić information content (AvgIpc) is 2.32. The van der Waals surface area contributed by atoms with Crippen LogP contribution in [-0.4, -0.2) is 10.1 Å². The monoisotopic (exact) mass is 336 g/mol. The zero-order valence-corrected chi connectivity index (χ0v) is 11.9. The third kappa shape index (κ3) is 2.29. The highest BCUT2D eigenvalue weighted by atomic mass is 79.9. The Balaban J connectivity index is 0.000000980. The summed E-state index contributed by atoms with van der Waals surface area (Å²) in [4.78, 5) is 3.18. The van der Waals surface area contributed by atoms with Gasteiger partial charge >= 0.3 is 0 Å². The Labute approximate surface area is 109 Å². The number of hydrogen-bond donors (Lipinski definition) is 3. The van der Waals surface area contributed by atoms with Crippen molar-refractivity contribution in [3.8, 4) is 5.75 Å². The Morgan fingerprint density at radius 2 is 1.80 bits per heavy atom. The number of fused-ring (bicyclic) bond motifs is 1. The van der Waals surface area contributed by atoms with Crippen molar-refractivity contribution in [2.24, 2.45) is 0 Å². The number of H-pyrrole nitrogens is 1. The standard InChI is InChI=1S/C10H12N2O.2BrH/c1-5-6(2)12-9-4-10(13)8(11)3-7(5)9;;/h3-4,12-13H,11H2,1-2H3;2*1H. The molecule has 0 aliphatic rings. The van der Waals surface area contributed by atoms with Gasteiger partial charge in [0, 0.05) is 22.7 Å². The molecule has 1 aromatic carbocycles. The fourth-order valence-electron chi connectivity index (χ4n) is 1.52. The molecule has 5 heteroatoms. The first kappa shape index (κ1) is 14.3. The predicted octanol–water partition coefficient (Wildman–Crippen LogP) is 3.23. The van der Waals surface area contributed by atoms with Crippen LogP contribution in [0.2, 0.25) is 0 Å². The number of halogens is 2. The molecule has 0 amide bonds. The first-order valence-electron chi connectivity index (χ1n) is 4.17. The SMILES string of the molecule is Br.Br.Cc1[nH]c2cc(O)c(N)cc2c1C. The summed E-state index contributed by atoms with van der Waals surface area (Å²) in [5, 5.41) is 10.4. The van der Waals surface area contributed by atoms with Crippen molar-refractivity contribution in [3.05, 3.63) is 23.4 Å². The second-order valence-corrected chi connectivity index (χ2v) is 3.33. The Kier molecular flexibility index (Phi) is 4.67. The molecule has 1 aromatic heterocycles. The van der Waals surface area contributed by atoms with E-state index in [1.54, 1.807) is 12.1 Å². The van der Waals surface area contributed by atoms with Gasteiger partial charge in [-0.3, -0.25) is 0 Å². The number of benzene rings is 1. The zero-order valence-electron chi connectivity index (χ0n) is 8.50. The quantitative estimate of drug-likeness (QED) is 0.510. The molecular weight excluding hydrogens is 324 g/mol. The number of phenols is 1. The molecule has 2 rings (SSSR count). The lowest BCUT2D eigenvalue weighted by Gasteiger charge is -1.98. The molecule has 3 nitrogen and oxygen atoms in total. The minimum absolute atomic E-state index is 0. The number of nitrogen functional groups attached to an aromatic ring is 1. The molecular formula is C10H14Br2N2O. The molecule has 15 heavy (non-hydrogen) atoms. The average molecular weight is 338 g/mol. The number of aromatic hydroxyl groups is 1. The van der Waals surface area contributed by atoms with Crippen molar-refractivity contribution < 1.29 is 5.11 Å². The minimum atomic E-state index is 0. The summed E-state index contributed by atoms with van der Waals surface area (Å²) in [5.41, 5.74) is 9.25. The Hall–Kier alpha value is -0.680. The van der Waals surface area contributed by atoms with E-state index < -0.39 is 0 Å². The summed E-state index contributed by atoms with van der Waals surface area (Å²) >= 11 is 0. The molecule has 0 radical (unpaired) electrons. The number of hydrogen-bond acceptors (Lipinski definition) is 2. The molecule has 0 saturated carbocycles. The smallest absolute Gasteiger partial charge is 0.140 e. The van der Waals surface area contributed by atoms with Crippen LogP contribution in [-0.2, 0) is 0 Å². The van der Waals surface area contributed by atoms with Gasteiger partial charge in [0.1, 0.15) is 5.75 Å². The van der Waals surface area contributed by atoms with Crippen LogP contribution >= 0.6 is 34.0 Å². The van der Waals surface area contributed by atoms with Crippen LogP contribution in [0, 0.1) is 13.8 Å². The zero-order chi connectivity index (χ0) is 9.59. The van der Waals surface area contributed by atoms with E-state index in [-0.39, 0.29) is 39.7 Å². The number of nitrogens with two attached hydrogens (primary N) is 1. The molecule has 0 atom stereocenters. The van der Waals surface area contributed by atoms with E-state index in [9.17, 15) is 5.11 Å². The van der Waals surface area contributed by atoms with Crippen molar-refractivity contribution in [2.75, 3.05) is 5.73 Å². The Morgan fingerprint density at radius 1 is 1.20 bits per heavy atom. The number of aryl methyl sites for hydroxylation is 2. The molecule has 0 aliphatic carbocycles. The van der Waals surface area contributed by atoms with E-state index in [0.29, 0.717) is 5.69 Å². The highest BCUT2D eigenvalue weighted by Crippen LogP contribution is 2.29. The predicted molar refractivity (Wildman–Crippen MR) is 74.5 cm³/mol. The summed E-state index contributed by atoms with van der Waals surface area (Å²) in [6.07, 6.45) is 0. The number of aromatic nitrogens is 1. The second kappa shape index (κ2) is 4.90. The molecule has 84 valence electrons. The Bertz CT molecular complexity index is 480. The molecule has 0 unspecified atom stereocenters. The van der Waals surface area contributed by atoms with E-state index in [2.05, 4.69) is 4.98 Å². The number of aromatic amines is 1. The molecule has 2 aromatic rings. The largest absolute Gasteiger partial charge is 0.506 e. The van der Waals surface area contributed by atoms with E-state index in [4.69, 9.17) is 5.73 Å². The van der Waals surface area contributed by atoms with E-state index in [1.807, 2.05) is 13.8 Å². The van der Waals surface area contributed by atoms with E-state index >= 15 is 0 Å². The third-order valence-electron chi connectivity index (χ3n) is 2.46. The van der Waals surface area contributed by atoms with Gasteiger partial charge in [0.15, 0.2) is 0 Å². The lowest BCUT2D eigenvalue weighted by molar-refractivity contribution is 0.478. The minimum Gasteiger partial charge on any atom is -0.506 e. The van der Waals surface area contributed by atoms with E-state index in [1.165, 1.54) is 5.56 Å². The highest BCUT2D eigenvalue weighted by molar-refractivity contribution is 8.93. The maximum Gasteiger partial charge on any atom is 0.140 e. The molecule has 0 fully saturated rings. The van der Waals surface area contributed by atoms with Gasteiger partial charge in [0.05, 0.1) is 5.69 Å². The van der Waals surface area contributed by atoms with E-state index in [0.717, 1.165) is 16.6 Å². The second-order valence-electron chi connectivity index (χ2n) is 3.33. The fraction of sp³-hybridized carbons (Fsp3) is 0.200. The van der Waals surface area contributed by atoms with Crippen molar-refractivity contribution in [3.63, 3.8) is 0 Å². The van der Waals surface area contributed by atoms with Crippen LogP contribution in [0.15, 0.2) is 12.1 Å². The van der Waals surface area contributed by atoms with Gasteiger partial charge in [-0.05, 0) is 25.5 Å². The van der Waals surface area contributed by atoms with Gasteiger partial charge in [-0.2, -0.15) is 0 Å². The number of phenolic OH excluding ortho intramolecular Hbond substituents is 1. The van der Waals surface area contributed by atoms with Crippen LogP contribution in [0.3, 0.4) is 0 Å². The summed E-state index contributed by atoms with van der Waals surface area (Å²) in [6.45, 7) is 4.03. The first-order chi connectivity index (χ1) is 6.09. The van der Waals surface area contributed by atoms with Crippen LogP contribution in [0.5, 0.6) is 5.75 Å². The lowest BCUT2D eigenvalue weighted by atomic mass is 10.1. The van der Waals surface area contributed by atoms with Gasteiger partial charge in [-0.25, -0.2) is 0 Å². The molecule has 0 spiro atoms. The number of nitrogens with one attached hydrogen (secondary N) is 1. The van der Waals surface area contributed by atoms with Crippen LogP contribution in [0.1, 0.15) is 11.3 Å². The molecule has 4 N–H and O–H groups in total. The van der Waals surface area contributed by atoms with Gasteiger partial charge in [0.25, 0.3) is 0 Å².